The molecule has 4 nitrogen and oxygen atoms in total. The molecule has 0 saturated carbocycles. The summed E-state index contributed by atoms with van der Waals surface area (Å²) in [6.45, 7) is 14.1. The number of nitrogens with zero attached hydrogens (tertiary/aromatic N) is 1. The largest absolute Gasteiger partial charge is 0.444 e. The van der Waals surface area contributed by atoms with Gasteiger partial charge in [0.2, 0.25) is 0 Å². The van der Waals surface area contributed by atoms with E-state index in [-0.39, 0.29) is 12.1 Å². The summed E-state index contributed by atoms with van der Waals surface area (Å²) in [5.74, 6) is 0. The Balaban J connectivity index is 4.31. The van der Waals surface area contributed by atoms with Crippen molar-refractivity contribution in [3.63, 3.8) is 0 Å². The highest BCUT2D eigenvalue weighted by molar-refractivity contribution is 5.68. The van der Waals surface area contributed by atoms with Crippen molar-refractivity contribution in [1.82, 2.24) is 10.2 Å². The van der Waals surface area contributed by atoms with E-state index in [0.717, 1.165) is 13.1 Å². The fourth-order valence-electron chi connectivity index (χ4n) is 1.40. The topological polar surface area (TPSA) is 41.6 Å². The molecule has 0 bridgehead atoms. The van der Waals surface area contributed by atoms with Crippen molar-refractivity contribution in [2.75, 3.05) is 19.6 Å². The van der Waals surface area contributed by atoms with Crippen molar-refractivity contribution >= 4 is 6.09 Å². The smallest absolute Gasteiger partial charge is 0.410 e. The van der Waals surface area contributed by atoms with Gasteiger partial charge in [-0.25, -0.2) is 4.79 Å². The summed E-state index contributed by atoms with van der Waals surface area (Å²) in [5.41, 5.74) is -0.428. The lowest BCUT2D eigenvalue weighted by Crippen LogP contribution is -2.46. The molecular weight excluding hydrogens is 204 g/mol. The summed E-state index contributed by atoms with van der Waals surface area (Å²) < 4.78 is 5.35. The van der Waals surface area contributed by atoms with Crippen LogP contribution in [0.2, 0.25) is 0 Å². The maximum atomic E-state index is 11.9. The van der Waals surface area contributed by atoms with Crippen molar-refractivity contribution in [2.45, 2.75) is 53.2 Å². The molecule has 1 atom stereocenters. The number of hydrogen-bond acceptors (Lipinski definition) is 3. The molecule has 0 fully saturated rings. The van der Waals surface area contributed by atoms with Gasteiger partial charge in [-0.3, -0.25) is 0 Å². The van der Waals surface area contributed by atoms with Crippen LogP contribution < -0.4 is 5.32 Å². The third-order valence-electron chi connectivity index (χ3n) is 2.19. The Morgan fingerprint density at radius 2 is 1.94 bits per heavy atom. The van der Waals surface area contributed by atoms with Crippen molar-refractivity contribution < 1.29 is 9.53 Å². The SMILES string of the molecule is CCNC[C@H](C)N(CC)C(=O)OC(C)(C)C. The average molecular weight is 230 g/mol. The van der Waals surface area contributed by atoms with E-state index >= 15 is 0 Å². The Morgan fingerprint density at radius 1 is 1.38 bits per heavy atom. The molecule has 4 heteroatoms. The lowest BCUT2D eigenvalue weighted by molar-refractivity contribution is 0.0189. The molecular formula is C12H26N2O2. The first kappa shape index (κ1) is 15.2. The quantitative estimate of drug-likeness (QED) is 0.787. The highest BCUT2D eigenvalue weighted by Gasteiger charge is 2.24. The third kappa shape index (κ3) is 5.95. The summed E-state index contributed by atoms with van der Waals surface area (Å²) in [6, 6.07) is 0.153. The lowest BCUT2D eigenvalue weighted by Gasteiger charge is -2.31. The van der Waals surface area contributed by atoms with Crippen LogP contribution >= 0.6 is 0 Å². The van der Waals surface area contributed by atoms with Crippen LogP contribution in [0, 0.1) is 0 Å². The van der Waals surface area contributed by atoms with Gasteiger partial charge in [-0.15, -0.1) is 0 Å². The molecule has 16 heavy (non-hydrogen) atoms. The van der Waals surface area contributed by atoms with E-state index in [1.165, 1.54) is 0 Å². The Morgan fingerprint density at radius 3 is 2.31 bits per heavy atom. The Hall–Kier alpha value is -0.770. The number of amides is 1. The second kappa shape index (κ2) is 6.74. The Bertz CT molecular complexity index is 212. The second-order valence-electron chi connectivity index (χ2n) is 4.92. The van der Waals surface area contributed by atoms with Crippen LogP contribution in [0.4, 0.5) is 4.79 Å². The van der Waals surface area contributed by atoms with Crippen LogP contribution in [-0.4, -0.2) is 42.3 Å². The molecule has 0 saturated heterocycles. The van der Waals surface area contributed by atoms with E-state index in [4.69, 9.17) is 4.74 Å². The van der Waals surface area contributed by atoms with E-state index in [1.807, 2.05) is 34.6 Å². The molecule has 0 unspecified atom stereocenters. The minimum Gasteiger partial charge on any atom is -0.444 e. The van der Waals surface area contributed by atoms with Crippen LogP contribution in [0.1, 0.15) is 41.5 Å². The maximum Gasteiger partial charge on any atom is 0.410 e. The number of likely N-dealkylation sites (N-methyl/N-ethyl adjacent to an activating group) is 2. The van der Waals surface area contributed by atoms with Crippen LogP contribution in [0.3, 0.4) is 0 Å². The Kier molecular flexibility index (Phi) is 6.41. The first-order chi connectivity index (χ1) is 7.31. The molecule has 1 amide bonds. The number of hydrogen-bond donors (Lipinski definition) is 1. The zero-order valence-electron chi connectivity index (χ0n) is 11.5. The predicted molar refractivity (Wildman–Crippen MR) is 66.6 cm³/mol. The van der Waals surface area contributed by atoms with Gasteiger partial charge in [0.15, 0.2) is 0 Å². The van der Waals surface area contributed by atoms with Gasteiger partial charge in [-0.05, 0) is 41.2 Å². The lowest BCUT2D eigenvalue weighted by atomic mass is 10.2. The van der Waals surface area contributed by atoms with Gasteiger partial charge >= 0.3 is 6.09 Å². The van der Waals surface area contributed by atoms with Crippen molar-refractivity contribution in [1.29, 1.82) is 0 Å². The van der Waals surface area contributed by atoms with Crippen molar-refractivity contribution in [3.8, 4) is 0 Å². The minimum absolute atomic E-state index is 0.153. The molecule has 1 N–H and O–H groups in total. The number of carbonyl (C=O) groups excluding carboxylic acids is 1. The molecule has 0 spiro atoms. The molecule has 0 aromatic carbocycles. The summed E-state index contributed by atoms with van der Waals surface area (Å²) in [4.78, 5) is 13.6. The van der Waals surface area contributed by atoms with E-state index in [0.29, 0.717) is 6.54 Å². The van der Waals surface area contributed by atoms with Crippen LogP contribution in [-0.2, 0) is 4.74 Å². The van der Waals surface area contributed by atoms with Gasteiger partial charge in [0.1, 0.15) is 5.60 Å². The van der Waals surface area contributed by atoms with E-state index < -0.39 is 5.60 Å². The highest BCUT2D eigenvalue weighted by atomic mass is 16.6. The van der Waals surface area contributed by atoms with Gasteiger partial charge in [-0.2, -0.15) is 0 Å². The van der Waals surface area contributed by atoms with E-state index in [9.17, 15) is 4.79 Å². The van der Waals surface area contributed by atoms with Gasteiger partial charge in [0.25, 0.3) is 0 Å². The average Bonchev–Trinajstić information content (AvgIpc) is 2.12. The van der Waals surface area contributed by atoms with Crippen LogP contribution in [0.5, 0.6) is 0 Å². The second-order valence-corrected chi connectivity index (χ2v) is 4.92. The van der Waals surface area contributed by atoms with Gasteiger partial charge in [-0.1, -0.05) is 6.92 Å². The number of carbonyl (C=O) groups is 1. The van der Waals surface area contributed by atoms with Crippen LogP contribution in [0.15, 0.2) is 0 Å². The van der Waals surface area contributed by atoms with Gasteiger partial charge < -0.3 is 15.0 Å². The third-order valence-corrected chi connectivity index (χ3v) is 2.19. The first-order valence-corrected chi connectivity index (χ1v) is 6.02. The molecule has 0 aromatic heterocycles. The summed E-state index contributed by atoms with van der Waals surface area (Å²) in [6.07, 6.45) is -0.236. The van der Waals surface area contributed by atoms with Gasteiger partial charge in [0, 0.05) is 19.1 Å². The standard InChI is InChI=1S/C12H26N2O2/c1-7-13-9-10(3)14(8-2)11(15)16-12(4,5)6/h10,13H,7-9H2,1-6H3/t10-/m0/s1. The first-order valence-electron chi connectivity index (χ1n) is 6.02. The van der Waals surface area contributed by atoms with Gasteiger partial charge in [0.05, 0.1) is 0 Å². The molecule has 0 aliphatic rings. The maximum absolute atomic E-state index is 11.9. The zero-order valence-corrected chi connectivity index (χ0v) is 11.5. The summed E-state index contributed by atoms with van der Waals surface area (Å²) >= 11 is 0. The predicted octanol–water partition coefficient (Wildman–Crippen LogP) is 2.24. The summed E-state index contributed by atoms with van der Waals surface area (Å²) in [7, 11) is 0. The normalized spacial score (nSPS) is 13.4. The highest BCUT2D eigenvalue weighted by Crippen LogP contribution is 2.11. The number of ether oxygens (including phenoxy) is 1. The van der Waals surface area contributed by atoms with Crippen molar-refractivity contribution in [2.24, 2.45) is 0 Å². The molecule has 0 aliphatic heterocycles. The molecule has 96 valence electrons. The molecule has 0 radical (unpaired) electrons. The molecule has 0 aromatic rings. The zero-order chi connectivity index (χ0) is 12.8. The summed E-state index contributed by atoms with van der Waals surface area (Å²) in [5, 5.41) is 3.23. The molecule has 0 rings (SSSR count). The van der Waals surface area contributed by atoms with Crippen molar-refractivity contribution in [3.05, 3.63) is 0 Å². The monoisotopic (exact) mass is 230 g/mol. The number of nitrogens with one attached hydrogen (secondary N) is 1. The van der Waals surface area contributed by atoms with Crippen LogP contribution in [0.25, 0.3) is 0 Å². The number of rotatable bonds is 5. The van der Waals surface area contributed by atoms with E-state index in [1.54, 1.807) is 4.90 Å². The van der Waals surface area contributed by atoms with E-state index in [2.05, 4.69) is 12.2 Å². The Labute approximate surface area is 99.3 Å². The minimum atomic E-state index is -0.428. The fraction of sp³-hybridized carbons (Fsp3) is 0.917. The molecule has 0 aliphatic carbocycles. The fourth-order valence-corrected chi connectivity index (χ4v) is 1.40. The molecule has 0 heterocycles.